The van der Waals surface area contributed by atoms with Crippen LogP contribution in [-0.2, 0) is 20.1 Å². The summed E-state index contributed by atoms with van der Waals surface area (Å²) in [6.07, 6.45) is 1.78. The van der Waals surface area contributed by atoms with E-state index < -0.39 is 0 Å². The summed E-state index contributed by atoms with van der Waals surface area (Å²) in [4.78, 5) is 0. The Morgan fingerprint density at radius 3 is 2.70 bits per heavy atom. The van der Waals surface area contributed by atoms with E-state index in [4.69, 9.17) is 10.5 Å². The van der Waals surface area contributed by atoms with Gasteiger partial charge < -0.3 is 15.0 Å². The Hall–Kier alpha value is -1.88. The van der Waals surface area contributed by atoms with Crippen molar-refractivity contribution in [3.05, 3.63) is 41.5 Å². The van der Waals surface area contributed by atoms with E-state index in [2.05, 4.69) is 23.2 Å². The van der Waals surface area contributed by atoms with E-state index in [1.807, 2.05) is 36.7 Å². The average molecular weight is 274 g/mol. The first-order valence-electron chi connectivity index (χ1n) is 6.93. The zero-order chi connectivity index (χ0) is 14.5. The van der Waals surface area contributed by atoms with E-state index in [1.165, 1.54) is 0 Å². The monoisotopic (exact) mass is 274 g/mol. The molecule has 0 saturated carbocycles. The van der Waals surface area contributed by atoms with Crippen molar-refractivity contribution >= 4 is 0 Å². The number of rotatable bonds is 6. The fraction of sp³-hybridized carbons (Fsp3) is 0.467. The van der Waals surface area contributed by atoms with Gasteiger partial charge in [0, 0.05) is 13.1 Å². The lowest BCUT2D eigenvalue weighted by atomic mass is 10.0. The van der Waals surface area contributed by atoms with Crippen molar-refractivity contribution < 1.29 is 4.74 Å². The van der Waals surface area contributed by atoms with E-state index in [0.29, 0.717) is 6.61 Å². The van der Waals surface area contributed by atoms with Crippen molar-refractivity contribution in [1.82, 2.24) is 14.8 Å². The Balaban J connectivity index is 2.07. The van der Waals surface area contributed by atoms with Gasteiger partial charge in [-0.25, -0.2) is 0 Å². The Labute approximate surface area is 119 Å². The minimum Gasteiger partial charge on any atom is -0.485 e. The van der Waals surface area contributed by atoms with Crippen LogP contribution in [-0.4, -0.2) is 20.8 Å². The average Bonchev–Trinajstić information content (AvgIpc) is 2.78. The molecule has 0 aliphatic carbocycles. The summed E-state index contributed by atoms with van der Waals surface area (Å²) < 4.78 is 7.81. The molecule has 1 heterocycles. The third-order valence-corrected chi connectivity index (χ3v) is 3.52. The SMILES string of the molecule is CCC(N)Cc1ccccc1OCc1nnc(C)n1C. The van der Waals surface area contributed by atoms with Gasteiger partial charge in [-0.2, -0.15) is 0 Å². The lowest BCUT2D eigenvalue weighted by Gasteiger charge is -2.14. The summed E-state index contributed by atoms with van der Waals surface area (Å²) in [5.41, 5.74) is 7.17. The Morgan fingerprint density at radius 2 is 2.05 bits per heavy atom. The molecular weight excluding hydrogens is 252 g/mol. The second kappa shape index (κ2) is 6.52. The Morgan fingerprint density at radius 1 is 1.30 bits per heavy atom. The maximum atomic E-state index is 6.03. The van der Waals surface area contributed by atoms with Crippen LogP contribution in [0.5, 0.6) is 5.75 Å². The predicted octanol–water partition coefficient (Wildman–Crippen LogP) is 1.98. The third kappa shape index (κ3) is 3.36. The molecule has 108 valence electrons. The number of benzene rings is 1. The zero-order valence-electron chi connectivity index (χ0n) is 12.3. The van der Waals surface area contributed by atoms with Gasteiger partial charge in [0.05, 0.1) is 0 Å². The second-order valence-corrected chi connectivity index (χ2v) is 4.99. The third-order valence-electron chi connectivity index (χ3n) is 3.52. The van der Waals surface area contributed by atoms with Crippen molar-refractivity contribution in [2.24, 2.45) is 12.8 Å². The summed E-state index contributed by atoms with van der Waals surface area (Å²) >= 11 is 0. The lowest BCUT2D eigenvalue weighted by molar-refractivity contribution is 0.287. The quantitative estimate of drug-likeness (QED) is 0.874. The van der Waals surface area contributed by atoms with Crippen molar-refractivity contribution in [1.29, 1.82) is 0 Å². The Kier molecular flexibility index (Phi) is 4.74. The van der Waals surface area contributed by atoms with E-state index in [0.717, 1.165) is 35.8 Å². The normalized spacial score (nSPS) is 12.4. The topological polar surface area (TPSA) is 66.0 Å². The summed E-state index contributed by atoms with van der Waals surface area (Å²) in [7, 11) is 1.94. The van der Waals surface area contributed by atoms with Gasteiger partial charge in [-0.15, -0.1) is 10.2 Å². The van der Waals surface area contributed by atoms with Gasteiger partial charge >= 0.3 is 0 Å². The largest absolute Gasteiger partial charge is 0.485 e. The number of nitrogens with two attached hydrogens (primary N) is 1. The highest BCUT2D eigenvalue weighted by Crippen LogP contribution is 2.20. The first kappa shape index (κ1) is 14.5. The molecule has 0 radical (unpaired) electrons. The molecule has 0 fully saturated rings. The molecule has 20 heavy (non-hydrogen) atoms. The van der Waals surface area contributed by atoms with Crippen LogP contribution in [0.4, 0.5) is 0 Å². The maximum Gasteiger partial charge on any atom is 0.170 e. The standard InChI is InChI=1S/C15H22N4O/c1-4-13(16)9-12-7-5-6-8-14(12)20-10-15-18-17-11(2)19(15)3/h5-8,13H,4,9-10,16H2,1-3H3. The highest BCUT2D eigenvalue weighted by Gasteiger charge is 2.10. The summed E-state index contributed by atoms with van der Waals surface area (Å²) in [6.45, 7) is 4.43. The summed E-state index contributed by atoms with van der Waals surface area (Å²) in [6, 6.07) is 8.18. The van der Waals surface area contributed by atoms with Crippen LogP contribution in [0.2, 0.25) is 0 Å². The van der Waals surface area contributed by atoms with Crippen LogP contribution in [0.3, 0.4) is 0 Å². The summed E-state index contributed by atoms with van der Waals surface area (Å²) in [5.74, 6) is 2.57. The number of aromatic nitrogens is 3. The minimum absolute atomic E-state index is 0.164. The zero-order valence-corrected chi connectivity index (χ0v) is 12.3. The van der Waals surface area contributed by atoms with Crippen LogP contribution >= 0.6 is 0 Å². The number of nitrogens with zero attached hydrogens (tertiary/aromatic N) is 3. The van der Waals surface area contributed by atoms with Gasteiger partial charge in [-0.3, -0.25) is 0 Å². The molecule has 2 aromatic rings. The molecule has 0 saturated heterocycles. The van der Waals surface area contributed by atoms with E-state index in [1.54, 1.807) is 0 Å². The van der Waals surface area contributed by atoms with Crippen molar-refractivity contribution in [3.8, 4) is 5.75 Å². The number of hydrogen-bond donors (Lipinski definition) is 1. The maximum absolute atomic E-state index is 6.03. The Bertz CT molecular complexity index is 565. The highest BCUT2D eigenvalue weighted by atomic mass is 16.5. The molecule has 1 aromatic heterocycles. The molecule has 2 N–H and O–H groups in total. The molecule has 0 amide bonds. The first-order valence-corrected chi connectivity index (χ1v) is 6.93. The molecule has 5 nitrogen and oxygen atoms in total. The number of ether oxygens (including phenoxy) is 1. The first-order chi connectivity index (χ1) is 9.61. The molecule has 1 aromatic carbocycles. The molecule has 5 heteroatoms. The van der Waals surface area contributed by atoms with Crippen molar-refractivity contribution in [3.63, 3.8) is 0 Å². The molecular formula is C15H22N4O. The van der Waals surface area contributed by atoms with Gasteiger partial charge in [-0.1, -0.05) is 25.1 Å². The van der Waals surface area contributed by atoms with Crippen LogP contribution in [0.25, 0.3) is 0 Å². The molecule has 0 spiro atoms. The van der Waals surface area contributed by atoms with Gasteiger partial charge in [0.25, 0.3) is 0 Å². The van der Waals surface area contributed by atoms with Gasteiger partial charge in [0.15, 0.2) is 5.82 Å². The fourth-order valence-electron chi connectivity index (χ4n) is 1.96. The number of hydrogen-bond acceptors (Lipinski definition) is 4. The number of para-hydroxylation sites is 1. The minimum atomic E-state index is 0.164. The van der Waals surface area contributed by atoms with Crippen LogP contribution in [0.1, 0.15) is 30.6 Å². The lowest BCUT2D eigenvalue weighted by Crippen LogP contribution is -2.21. The van der Waals surface area contributed by atoms with Crippen LogP contribution in [0, 0.1) is 6.92 Å². The molecule has 0 bridgehead atoms. The van der Waals surface area contributed by atoms with Crippen molar-refractivity contribution in [2.75, 3.05) is 0 Å². The van der Waals surface area contributed by atoms with Crippen LogP contribution < -0.4 is 10.5 Å². The smallest absolute Gasteiger partial charge is 0.170 e. The molecule has 2 rings (SSSR count). The van der Waals surface area contributed by atoms with E-state index in [-0.39, 0.29) is 6.04 Å². The van der Waals surface area contributed by atoms with E-state index >= 15 is 0 Å². The molecule has 1 atom stereocenters. The molecule has 0 aliphatic heterocycles. The number of aryl methyl sites for hydroxylation is 1. The second-order valence-electron chi connectivity index (χ2n) is 4.99. The van der Waals surface area contributed by atoms with Gasteiger partial charge in [0.1, 0.15) is 18.2 Å². The highest BCUT2D eigenvalue weighted by molar-refractivity contribution is 5.34. The molecule has 0 aliphatic rings. The van der Waals surface area contributed by atoms with Crippen molar-refractivity contribution in [2.45, 2.75) is 39.3 Å². The fourth-order valence-corrected chi connectivity index (χ4v) is 1.96. The predicted molar refractivity (Wildman–Crippen MR) is 78.5 cm³/mol. The van der Waals surface area contributed by atoms with E-state index in [9.17, 15) is 0 Å². The van der Waals surface area contributed by atoms with Gasteiger partial charge in [-0.05, 0) is 31.4 Å². The summed E-state index contributed by atoms with van der Waals surface area (Å²) in [5, 5.41) is 8.13. The van der Waals surface area contributed by atoms with Crippen LogP contribution in [0.15, 0.2) is 24.3 Å². The molecule has 1 unspecified atom stereocenters. The van der Waals surface area contributed by atoms with Gasteiger partial charge in [0.2, 0.25) is 0 Å².